The van der Waals surface area contributed by atoms with Crippen molar-refractivity contribution >= 4 is 38.6 Å². The molecular formula is C14H9N3O3S. The molecule has 2 aromatic carbocycles. The number of nitro groups is 1. The Morgan fingerprint density at radius 2 is 2.05 bits per heavy atom. The largest absolute Gasteiger partial charge is 0.502 e. The van der Waals surface area contributed by atoms with Gasteiger partial charge in [0, 0.05) is 17.8 Å². The maximum atomic E-state index is 10.8. The SMILES string of the molecule is O=[N+]([O-])c1cccc(C=Nc2nc3ccccc3s2)c1O. The number of hydrogen-bond donors (Lipinski definition) is 1. The molecule has 0 saturated heterocycles. The minimum absolute atomic E-state index is 0.281. The van der Waals surface area contributed by atoms with Crippen molar-refractivity contribution in [2.45, 2.75) is 0 Å². The number of aromatic hydroxyl groups is 1. The Bertz CT molecular complexity index is 825. The molecule has 0 amide bonds. The number of hydrogen-bond acceptors (Lipinski definition) is 6. The molecule has 0 aliphatic heterocycles. The highest BCUT2D eigenvalue weighted by Gasteiger charge is 2.15. The number of nitrogens with zero attached hydrogens (tertiary/aromatic N) is 3. The van der Waals surface area contributed by atoms with Crippen LogP contribution in [-0.2, 0) is 0 Å². The third-order valence-electron chi connectivity index (χ3n) is 2.84. The van der Waals surface area contributed by atoms with Gasteiger partial charge in [0.1, 0.15) is 0 Å². The van der Waals surface area contributed by atoms with Crippen molar-refractivity contribution in [2.75, 3.05) is 0 Å². The quantitative estimate of drug-likeness (QED) is 0.454. The summed E-state index contributed by atoms with van der Waals surface area (Å²) in [5.74, 6) is -0.396. The lowest BCUT2D eigenvalue weighted by molar-refractivity contribution is -0.385. The van der Waals surface area contributed by atoms with Crippen LogP contribution < -0.4 is 0 Å². The van der Waals surface area contributed by atoms with E-state index < -0.39 is 10.7 Å². The van der Waals surface area contributed by atoms with Crippen LogP contribution in [-0.4, -0.2) is 21.2 Å². The number of phenols is 1. The average molecular weight is 299 g/mol. The van der Waals surface area contributed by atoms with Crippen LogP contribution in [0.5, 0.6) is 5.75 Å². The molecule has 104 valence electrons. The van der Waals surface area contributed by atoms with Crippen LogP contribution in [0.25, 0.3) is 10.2 Å². The molecule has 0 fully saturated rings. The monoisotopic (exact) mass is 299 g/mol. The molecule has 1 heterocycles. The highest BCUT2D eigenvalue weighted by Crippen LogP contribution is 2.30. The summed E-state index contributed by atoms with van der Waals surface area (Å²) in [6.45, 7) is 0. The van der Waals surface area contributed by atoms with E-state index in [1.807, 2.05) is 24.3 Å². The molecular weight excluding hydrogens is 290 g/mol. The van der Waals surface area contributed by atoms with Crippen molar-refractivity contribution in [3.8, 4) is 5.75 Å². The van der Waals surface area contributed by atoms with E-state index in [0.29, 0.717) is 5.13 Å². The lowest BCUT2D eigenvalue weighted by Crippen LogP contribution is -1.91. The molecule has 0 atom stereocenters. The second kappa shape index (κ2) is 5.29. The maximum absolute atomic E-state index is 10.8. The van der Waals surface area contributed by atoms with Gasteiger partial charge in [-0.25, -0.2) is 9.98 Å². The van der Waals surface area contributed by atoms with Gasteiger partial charge in [-0.3, -0.25) is 10.1 Å². The molecule has 0 radical (unpaired) electrons. The highest BCUT2D eigenvalue weighted by molar-refractivity contribution is 7.22. The first-order valence-corrected chi connectivity index (χ1v) is 6.83. The third kappa shape index (κ3) is 2.59. The first kappa shape index (κ1) is 13.2. The molecule has 0 spiro atoms. The Morgan fingerprint density at radius 3 is 2.81 bits per heavy atom. The molecule has 1 aromatic heterocycles. The molecule has 0 unspecified atom stereocenters. The molecule has 7 heteroatoms. The Morgan fingerprint density at radius 1 is 1.24 bits per heavy atom. The van der Waals surface area contributed by atoms with Gasteiger partial charge in [-0.15, -0.1) is 0 Å². The topological polar surface area (TPSA) is 88.6 Å². The van der Waals surface area contributed by atoms with Gasteiger partial charge in [-0.2, -0.15) is 0 Å². The normalized spacial score (nSPS) is 11.2. The van der Waals surface area contributed by atoms with E-state index in [0.717, 1.165) is 10.2 Å². The Hall–Kier alpha value is -2.80. The number of rotatable bonds is 3. The van der Waals surface area contributed by atoms with Crippen LogP contribution in [0, 0.1) is 10.1 Å². The summed E-state index contributed by atoms with van der Waals surface area (Å²) in [7, 11) is 0. The van der Waals surface area contributed by atoms with Crippen molar-refractivity contribution in [3.63, 3.8) is 0 Å². The van der Waals surface area contributed by atoms with Crippen LogP contribution in [0.1, 0.15) is 5.56 Å². The number of aliphatic imine (C=N–C) groups is 1. The summed E-state index contributed by atoms with van der Waals surface area (Å²) in [5, 5.41) is 21.1. The number of aromatic nitrogens is 1. The number of fused-ring (bicyclic) bond motifs is 1. The van der Waals surface area contributed by atoms with Gasteiger partial charge in [0.15, 0.2) is 0 Å². The fourth-order valence-corrected chi connectivity index (χ4v) is 2.65. The number of nitro benzene ring substituents is 1. The summed E-state index contributed by atoms with van der Waals surface area (Å²) >= 11 is 1.41. The zero-order chi connectivity index (χ0) is 14.8. The van der Waals surface area contributed by atoms with Crippen molar-refractivity contribution < 1.29 is 10.0 Å². The molecule has 3 rings (SSSR count). The number of para-hydroxylation sites is 2. The average Bonchev–Trinajstić information content (AvgIpc) is 2.88. The molecule has 21 heavy (non-hydrogen) atoms. The lowest BCUT2D eigenvalue weighted by atomic mass is 10.2. The molecule has 3 aromatic rings. The van der Waals surface area contributed by atoms with Crippen LogP contribution in [0.15, 0.2) is 47.5 Å². The Kier molecular flexibility index (Phi) is 3.33. The van der Waals surface area contributed by atoms with Gasteiger partial charge in [-0.1, -0.05) is 29.5 Å². The van der Waals surface area contributed by atoms with E-state index in [4.69, 9.17) is 0 Å². The fraction of sp³-hybridized carbons (Fsp3) is 0. The van der Waals surface area contributed by atoms with E-state index >= 15 is 0 Å². The van der Waals surface area contributed by atoms with Crippen LogP contribution in [0.4, 0.5) is 10.8 Å². The first-order valence-electron chi connectivity index (χ1n) is 6.01. The van der Waals surface area contributed by atoms with Crippen LogP contribution in [0.3, 0.4) is 0 Å². The predicted molar refractivity (Wildman–Crippen MR) is 81.6 cm³/mol. The Labute approximate surface area is 123 Å². The summed E-state index contributed by atoms with van der Waals surface area (Å²) in [6.07, 6.45) is 1.38. The first-order chi connectivity index (χ1) is 10.1. The minimum atomic E-state index is -0.635. The van der Waals surface area contributed by atoms with Gasteiger partial charge >= 0.3 is 5.69 Å². The standard InChI is InChI=1S/C14H9N3O3S/c18-13-9(4-3-6-11(13)17(19)20)8-15-14-16-10-5-1-2-7-12(10)21-14/h1-8,18H. The molecule has 1 N–H and O–H groups in total. The smallest absolute Gasteiger partial charge is 0.311 e. The lowest BCUT2D eigenvalue weighted by Gasteiger charge is -1.98. The van der Waals surface area contributed by atoms with Crippen molar-refractivity contribution in [2.24, 2.45) is 4.99 Å². The number of thiazole rings is 1. The van der Waals surface area contributed by atoms with Gasteiger partial charge in [0.25, 0.3) is 0 Å². The maximum Gasteiger partial charge on any atom is 0.311 e. The summed E-state index contributed by atoms with van der Waals surface area (Å²) in [4.78, 5) is 18.6. The zero-order valence-electron chi connectivity index (χ0n) is 10.6. The molecule has 0 aliphatic rings. The van der Waals surface area contributed by atoms with Crippen LogP contribution >= 0.6 is 11.3 Å². The van der Waals surface area contributed by atoms with Gasteiger partial charge in [0.2, 0.25) is 10.9 Å². The number of benzene rings is 2. The van der Waals surface area contributed by atoms with Crippen LogP contribution in [0.2, 0.25) is 0 Å². The summed E-state index contributed by atoms with van der Waals surface area (Å²) in [5.41, 5.74) is 0.782. The van der Waals surface area contributed by atoms with E-state index in [2.05, 4.69) is 9.98 Å². The van der Waals surface area contributed by atoms with Gasteiger partial charge in [-0.05, 0) is 18.2 Å². The van der Waals surface area contributed by atoms with Crippen molar-refractivity contribution in [3.05, 3.63) is 58.1 Å². The highest BCUT2D eigenvalue weighted by atomic mass is 32.1. The molecule has 0 bridgehead atoms. The van der Waals surface area contributed by atoms with E-state index in [9.17, 15) is 15.2 Å². The minimum Gasteiger partial charge on any atom is -0.502 e. The van der Waals surface area contributed by atoms with E-state index in [1.54, 1.807) is 6.07 Å². The second-order valence-electron chi connectivity index (χ2n) is 4.19. The molecule has 6 nitrogen and oxygen atoms in total. The predicted octanol–water partition coefficient (Wildman–Crippen LogP) is 3.66. The Balaban J connectivity index is 1.96. The molecule has 0 saturated carbocycles. The molecule has 0 aliphatic carbocycles. The van der Waals surface area contributed by atoms with Crippen molar-refractivity contribution in [1.82, 2.24) is 4.98 Å². The zero-order valence-corrected chi connectivity index (χ0v) is 11.4. The fourth-order valence-electron chi connectivity index (χ4n) is 1.84. The summed E-state index contributed by atoms with van der Waals surface area (Å²) in [6, 6.07) is 11.9. The van der Waals surface area contributed by atoms with Gasteiger partial charge < -0.3 is 5.11 Å². The van der Waals surface area contributed by atoms with Crippen molar-refractivity contribution in [1.29, 1.82) is 0 Å². The second-order valence-corrected chi connectivity index (χ2v) is 5.20. The van der Waals surface area contributed by atoms with E-state index in [1.165, 1.54) is 29.7 Å². The van der Waals surface area contributed by atoms with Gasteiger partial charge in [0.05, 0.1) is 15.1 Å². The summed E-state index contributed by atoms with van der Waals surface area (Å²) < 4.78 is 1.01. The third-order valence-corrected chi connectivity index (χ3v) is 3.78. The van der Waals surface area contributed by atoms with E-state index in [-0.39, 0.29) is 11.3 Å². The number of phenolic OH excluding ortho intramolecular Hbond substituents is 1.